The van der Waals surface area contributed by atoms with Gasteiger partial charge in [-0.1, -0.05) is 121 Å². The number of para-hydroxylation sites is 1. The van der Waals surface area contributed by atoms with Crippen LogP contribution in [0, 0.1) is 23.7 Å². The third kappa shape index (κ3) is 4.27. The van der Waals surface area contributed by atoms with Gasteiger partial charge in [0.2, 0.25) is 0 Å². The van der Waals surface area contributed by atoms with E-state index in [1.165, 1.54) is 48.8 Å². The second kappa shape index (κ2) is 11.1. The Kier molecular flexibility index (Phi) is 6.20. The Morgan fingerprint density at radius 3 is 1.81 bits per heavy atom. The van der Waals surface area contributed by atoms with Gasteiger partial charge in [0.25, 0.3) is 0 Å². The molecule has 0 N–H and O–H groups in total. The first-order valence-electron chi connectivity index (χ1n) is 19.3. The van der Waals surface area contributed by atoms with Gasteiger partial charge in [0, 0.05) is 32.9 Å². The van der Waals surface area contributed by atoms with E-state index < -0.39 is 0 Å². The second-order valence-electron chi connectivity index (χ2n) is 16.0. The van der Waals surface area contributed by atoms with Gasteiger partial charge in [-0.05, 0) is 107 Å². The summed E-state index contributed by atoms with van der Waals surface area (Å²) in [5, 5.41) is 2.26. The van der Waals surface area contributed by atoms with Gasteiger partial charge in [-0.15, -0.1) is 0 Å². The first-order valence-corrected chi connectivity index (χ1v) is 19.3. The van der Waals surface area contributed by atoms with Gasteiger partial charge in [-0.3, -0.25) is 0 Å². The van der Waals surface area contributed by atoms with E-state index in [2.05, 4.69) is 121 Å². The molecular formula is C49H37N3O. The number of aromatic nitrogens is 3. The minimum absolute atomic E-state index is 0.0923. The fraction of sp³-hybridized carbons (Fsp3) is 0.204. The molecule has 4 saturated carbocycles. The maximum Gasteiger partial charge on any atom is 0.164 e. The Morgan fingerprint density at radius 1 is 0.434 bits per heavy atom. The molecule has 4 heteroatoms. The summed E-state index contributed by atoms with van der Waals surface area (Å²) in [5.41, 5.74) is 13.0. The van der Waals surface area contributed by atoms with Crippen molar-refractivity contribution in [2.45, 2.75) is 37.5 Å². The number of fused-ring (bicyclic) bond motifs is 6. The minimum Gasteiger partial charge on any atom is -0.456 e. The van der Waals surface area contributed by atoms with Gasteiger partial charge in [-0.25, -0.2) is 15.0 Å². The molecule has 0 radical (unpaired) electrons. The third-order valence-corrected chi connectivity index (χ3v) is 13.3. The van der Waals surface area contributed by atoms with Crippen LogP contribution in [0.3, 0.4) is 0 Å². The molecule has 0 atom stereocenters. The summed E-state index contributed by atoms with van der Waals surface area (Å²) in [7, 11) is 0. The largest absolute Gasteiger partial charge is 0.456 e. The zero-order valence-corrected chi connectivity index (χ0v) is 29.4. The lowest BCUT2D eigenvalue weighted by atomic mass is 9.43. The number of hydrogen-bond acceptors (Lipinski definition) is 4. The summed E-state index contributed by atoms with van der Waals surface area (Å²) in [4.78, 5) is 15.7. The quantitative estimate of drug-likeness (QED) is 0.185. The molecule has 13 rings (SSSR count). The summed E-state index contributed by atoms with van der Waals surface area (Å²) < 4.78 is 6.10. The highest BCUT2D eigenvalue weighted by atomic mass is 16.3. The molecule has 2 heterocycles. The van der Waals surface area contributed by atoms with E-state index >= 15 is 0 Å². The lowest BCUT2D eigenvalue weighted by Crippen LogP contribution is -2.55. The average Bonchev–Trinajstić information content (AvgIpc) is 3.73. The van der Waals surface area contributed by atoms with Crippen molar-refractivity contribution >= 4 is 21.9 Å². The summed E-state index contributed by atoms with van der Waals surface area (Å²) in [6.45, 7) is 0. The van der Waals surface area contributed by atoms with Gasteiger partial charge in [0.1, 0.15) is 11.2 Å². The predicted molar refractivity (Wildman–Crippen MR) is 212 cm³/mol. The van der Waals surface area contributed by atoms with E-state index in [1.54, 1.807) is 5.56 Å². The zero-order valence-electron chi connectivity index (χ0n) is 29.4. The van der Waals surface area contributed by atoms with Crippen molar-refractivity contribution in [3.05, 3.63) is 151 Å². The molecule has 8 aromatic rings. The summed E-state index contributed by atoms with van der Waals surface area (Å²) in [6.07, 6.45) is 6.90. The van der Waals surface area contributed by atoms with Crippen LogP contribution in [-0.2, 0) is 5.41 Å². The lowest BCUT2D eigenvalue weighted by molar-refractivity contribution is -0.0399. The molecule has 5 aliphatic carbocycles. The van der Waals surface area contributed by atoms with Crippen molar-refractivity contribution in [1.29, 1.82) is 0 Å². The average molecular weight is 684 g/mol. The first-order chi connectivity index (χ1) is 26.2. The fourth-order valence-corrected chi connectivity index (χ4v) is 11.4. The molecule has 0 amide bonds. The summed E-state index contributed by atoms with van der Waals surface area (Å²) in [6, 6.07) is 49.9. The van der Waals surface area contributed by atoms with Crippen LogP contribution in [0.4, 0.5) is 0 Å². The normalized spacial score (nSPS) is 23.5. The molecule has 4 fully saturated rings. The zero-order chi connectivity index (χ0) is 34.7. The lowest BCUT2D eigenvalue weighted by Gasteiger charge is -2.61. The standard InChI is InChI=1S/C49H37N3O/c1-2-9-32(10-3-1)46-50-47(33-19-17-31(18-20-33)34-21-22-44-40(28-34)37-11-5-7-16-43(37)53-44)52-48(51-46)39-13-8-15-42-45(39)38-12-4-6-14-41(38)49(42)35-24-29-23-30(26-35)27-36(49)25-29/h1-22,28-30,35-36H,23-27H2. The molecule has 4 bridgehead atoms. The van der Waals surface area contributed by atoms with Crippen LogP contribution >= 0.6 is 0 Å². The van der Waals surface area contributed by atoms with Gasteiger partial charge >= 0.3 is 0 Å². The third-order valence-electron chi connectivity index (χ3n) is 13.3. The number of benzene rings is 6. The molecule has 0 aliphatic heterocycles. The number of furan rings is 1. The molecule has 4 nitrogen and oxygen atoms in total. The molecule has 53 heavy (non-hydrogen) atoms. The van der Waals surface area contributed by atoms with Crippen LogP contribution in [0.25, 0.3) is 78.4 Å². The number of rotatable bonds is 4. The van der Waals surface area contributed by atoms with Crippen molar-refractivity contribution in [3.8, 4) is 56.4 Å². The maximum absolute atomic E-state index is 6.10. The van der Waals surface area contributed by atoms with Crippen LogP contribution < -0.4 is 0 Å². The van der Waals surface area contributed by atoms with Crippen LogP contribution in [0.5, 0.6) is 0 Å². The number of hydrogen-bond donors (Lipinski definition) is 0. The Balaban J connectivity index is 1.00. The van der Waals surface area contributed by atoms with Crippen molar-refractivity contribution < 1.29 is 4.42 Å². The summed E-state index contributed by atoms with van der Waals surface area (Å²) in [5.74, 6) is 5.34. The van der Waals surface area contributed by atoms with E-state index in [0.717, 1.165) is 67.4 Å². The fourth-order valence-electron chi connectivity index (χ4n) is 11.4. The van der Waals surface area contributed by atoms with E-state index in [9.17, 15) is 0 Å². The van der Waals surface area contributed by atoms with Gasteiger partial charge in [0.15, 0.2) is 17.5 Å². The van der Waals surface area contributed by atoms with Crippen molar-refractivity contribution in [1.82, 2.24) is 15.0 Å². The second-order valence-corrected chi connectivity index (χ2v) is 16.0. The maximum atomic E-state index is 6.10. The molecule has 2 aromatic heterocycles. The highest BCUT2D eigenvalue weighted by molar-refractivity contribution is 6.06. The Bertz CT molecular complexity index is 2720. The van der Waals surface area contributed by atoms with Crippen LogP contribution in [0.1, 0.15) is 43.2 Å². The predicted octanol–water partition coefficient (Wildman–Crippen LogP) is 12.2. The first kappa shape index (κ1) is 29.7. The van der Waals surface area contributed by atoms with E-state index in [-0.39, 0.29) is 5.41 Å². The molecular weight excluding hydrogens is 647 g/mol. The highest BCUT2D eigenvalue weighted by Crippen LogP contribution is 2.70. The van der Waals surface area contributed by atoms with E-state index in [4.69, 9.17) is 19.4 Å². The van der Waals surface area contributed by atoms with Crippen molar-refractivity contribution in [2.75, 3.05) is 0 Å². The molecule has 5 aliphatic rings. The van der Waals surface area contributed by atoms with E-state index in [1.807, 2.05) is 18.2 Å². The van der Waals surface area contributed by atoms with Crippen molar-refractivity contribution in [2.24, 2.45) is 23.7 Å². The molecule has 0 saturated heterocycles. The topological polar surface area (TPSA) is 51.8 Å². The van der Waals surface area contributed by atoms with Crippen molar-refractivity contribution in [3.63, 3.8) is 0 Å². The SMILES string of the molecule is c1ccc(-c2nc(-c3ccc(-c4ccc5oc6ccccc6c5c4)cc3)nc(-c3cccc4c3-c3ccccc3C43C4CC5CC(C4)CC3C5)n2)cc1. The smallest absolute Gasteiger partial charge is 0.164 e. The summed E-state index contributed by atoms with van der Waals surface area (Å²) >= 11 is 0. The van der Waals surface area contributed by atoms with Crippen LogP contribution in [-0.4, -0.2) is 15.0 Å². The number of nitrogens with zero attached hydrogens (tertiary/aromatic N) is 3. The van der Waals surface area contributed by atoms with Crippen LogP contribution in [0.15, 0.2) is 144 Å². The Hall–Kier alpha value is -5.87. The molecule has 0 unspecified atom stereocenters. The van der Waals surface area contributed by atoms with Gasteiger partial charge in [-0.2, -0.15) is 0 Å². The molecule has 254 valence electrons. The highest BCUT2D eigenvalue weighted by Gasteiger charge is 2.61. The minimum atomic E-state index is 0.0923. The van der Waals surface area contributed by atoms with Gasteiger partial charge < -0.3 is 4.42 Å². The van der Waals surface area contributed by atoms with Crippen LogP contribution in [0.2, 0.25) is 0 Å². The Labute approximate surface area is 308 Å². The monoisotopic (exact) mass is 683 g/mol. The van der Waals surface area contributed by atoms with Gasteiger partial charge in [0.05, 0.1) is 0 Å². The Morgan fingerprint density at radius 2 is 1.02 bits per heavy atom. The van der Waals surface area contributed by atoms with E-state index in [0.29, 0.717) is 23.5 Å². The molecule has 6 aromatic carbocycles. The molecule has 1 spiro atoms.